The number of pyridine rings is 1. The Balaban J connectivity index is 1.88. The van der Waals surface area contributed by atoms with Crippen LogP contribution in [0.15, 0.2) is 42.5 Å². The van der Waals surface area contributed by atoms with Crippen molar-refractivity contribution in [3.63, 3.8) is 0 Å². The third kappa shape index (κ3) is 4.26. The number of rotatable bonds is 5. The highest BCUT2D eigenvalue weighted by Crippen LogP contribution is 2.20. The summed E-state index contributed by atoms with van der Waals surface area (Å²) in [6.07, 6.45) is 0.670. The topological polar surface area (TPSA) is 68.5 Å². The number of anilines is 1. The molecule has 0 bridgehead atoms. The van der Waals surface area contributed by atoms with Crippen LogP contribution < -0.4 is 4.90 Å². The summed E-state index contributed by atoms with van der Waals surface area (Å²) in [6.45, 7) is 2.71. The first-order valence-corrected chi connectivity index (χ1v) is 7.69. The Hall–Kier alpha value is -2.47. The summed E-state index contributed by atoms with van der Waals surface area (Å²) in [5.74, 6) is 0. The second-order valence-electron chi connectivity index (χ2n) is 5.56. The Morgan fingerprint density at radius 1 is 1.13 bits per heavy atom. The summed E-state index contributed by atoms with van der Waals surface area (Å²) in [7, 11) is 0. The lowest BCUT2D eigenvalue weighted by atomic mass is 10.1. The molecule has 0 saturated carbocycles. The van der Waals surface area contributed by atoms with Crippen molar-refractivity contribution in [1.82, 2.24) is 4.98 Å². The first-order chi connectivity index (χ1) is 11.2. The van der Waals surface area contributed by atoms with Crippen molar-refractivity contribution in [2.24, 2.45) is 0 Å². The Morgan fingerprint density at radius 2 is 1.83 bits per heavy atom. The van der Waals surface area contributed by atoms with E-state index in [1.165, 1.54) is 0 Å². The van der Waals surface area contributed by atoms with E-state index in [4.69, 9.17) is 4.74 Å². The van der Waals surface area contributed by atoms with Crippen molar-refractivity contribution < 1.29 is 9.66 Å². The molecule has 0 unspecified atom stereocenters. The number of aromatic nitrogens is 1. The molecule has 1 aromatic carbocycles. The summed E-state index contributed by atoms with van der Waals surface area (Å²) in [5.41, 5.74) is 3.50. The first-order valence-electron chi connectivity index (χ1n) is 7.69. The van der Waals surface area contributed by atoms with Crippen LogP contribution in [0.1, 0.15) is 17.0 Å². The minimum atomic E-state index is -0.336. The van der Waals surface area contributed by atoms with Gasteiger partial charge in [0.15, 0.2) is 0 Å². The first kappa shape index (κ1) is 15.4. The quantitative estimate of drug-likeness (QED) is 0.626. The molecule has 6 heteroatoms. The van der Waals surface area contributed by atoms with Gasteiger partial charge in [-0.3, -0.25) is 15.1 Å². The molecular weight excluding hydrogens is 294 g/mol. The van der Waals surface area contributed by atoms with Crippen LogP contribution in [0, 0.1) is 10.1 Å². The van der Waals surface area contributed by atoms with Gasteiger partial charge in [-0.1, -0.05) is 30.3 Å². The number of benzene rings is 1. The number of nitrogens with zero attached hydrogens (tertiary/aromatic N) is 3. The zero-order chi connectivity index (χ0) is 16.1. The van der Waals surface area contributed by atoms with Crippen LogP contribution in [0.5, 0.6) is 0 Å². The molecule has 0 N–H and O–H groups in total. The molecule has 0 atom stereocenters. The fourth-order valence-corrected chi connectivity index (χ4v) is 2.75. The van der Waals surface area contributed by atoms with Gasteiger partial charge in [0.1, 0.15) is 5.69 Å². The van der Waals surface area contributed by atoms with Gasteiger partial charge in [-0.15, -0.1) is 0 Å². The smallest absolute Gasteiger partial charge is 0.245 e. The van der Waals surface area contributed by atoms with Crippen molar-refractivity contribution in [2.45, 2.75) is 13.0 Å². The van der Waals surface area contributed by atoms with Gasteiger partial charge in [0.2, 0.25) is 6.54 Å². The molecule has 0 radical (unpaired) electrons. The molecule has 1 aliphatic rings. The van der Waals surface area contributed by atoms with Gasteiger partial charge >= 0.3 is 0 Å². The number of morpholine rings is 1. The van der Waals surface area contributed by atoms with Crippen LogP contribution in [0.2, 0.25) is 0 Å². The average Bonchev–Trinajstić information content (AvgIpc) is 2.56. The van der Waals surface area contributed by atoms with E-state index in [-0.39, 0.29) is 11.5 Å². The summed E-state index contributed by atoms with van der Waals surface area (Å²) in [6, 6.07) is 13.9. The minimum absolute atomic E-state index is 0.250. The van der Waals surface area contributed by atoms with Crippen molar-refractivity contribution in [3.8, 4) is 0 Å². The van der Waals surface area contributed by atoms with Crippen LogP contribution in [-0.4, -0.2) is 36.2 Å². The van der Waals surface area contributed by atoms with Gasteiger partial charge in [0, 0.05) is 35.8 Å². The lowest BCUT2D eigenvalue weighted by molar-refractivity contribution is -0.497. The average molecular weight is 313 g/mol. The van der Waals surface area contributed by atoms with Gasteiger partial charge in [-0.25, -0.2) is 0 Å². The molecule has 6 nitrogen and oxygen atoms in total. The molecular formula is C17H19N3O3. The van der Waals surface area contributed by atoms with Crippen LogP contribution in [-0.2, 0) is 17.7 Å². The van der Waals surface area contributed by atoms with Crippen molar-refractivity contribution in [3.05, 3.63) is 69.5 Å². The molecule has 2 heterocycles. The molecule has 0 amide bonds. The predicted octanol–water partition coefficient (Wildman–Crippen LogP) is 2.29. The van der Waals surface area contributed by atoms with E-state index in [0.29, 0.717) is 25.3 Å². The minimum Gasteiger partial charge on any atom is -0.378 e. The van der Waals surface area contributed by atoms with E-state index in [0.717, 1.165) is 30.0 Å². The molecule has 120 valence electrons. The molecule has 23 heavy (non-hydrogen) atoms. The van der Waals surface area contributed by atoms with Gasteiger partial charge in [-0.05, 0) is 17.7 Å². The van der Waals surface area contributed by atoms with Crippen LogP contribution in [0.25, 0.3) is 0 Å². The monoisotopic (exact) mass is 313 g/mol. The number of hydrogen-bond donors (Lipinski definition) is 0. The zero-order valence-corrected chi connectivity index (χ0v) is 12.9. The Morgan fingerprint density at radius 3 is 2.52 bits per heavy atom. The predicted molar refractivity (Wildman–Crippen MR) is 87.2 cm³/mol. The largest absolute Gasteiger partial charge is 0.378 e. The molecule has 3 rings (SSSR count). The molecule has 2 aromatic rings. The maximum Gasteiger partial charge on any atom is 0.245 e. The summed E-state index contributed by atoms with van der Waals surface area (Å²) in [4.78, 5) is 17.2. The molecule has 1 aliphatic heterocycles. The fourth-order valence-electron chi connectivity index (χ4n) is 2.75. The van der Waals surface area contributed by atoms with Crippen LogP contribution in [0.3, 0.4) is 0 Å². The highest BCUT2D eigenvalue weighted by molar-refractivity contribution is 5.49. The molecule has 1 aromatic heterocycles. The van der Waals surface area contributed by atoms with Gasteiger partial charge in [-0.2, -0.15) is 0 Å². The number of nitro groups is 1. The standard InChI is InChI=1S/C17H19N3O3/c21-20(22)13-16-12-17(19-6-8-23-9-7-19)11-15(18-16)10-14-4-2-1-3-5-14/h1-5,11-12H,6-10,13H2. The molecule has 0 aliphatic carbocycles. The summed E-state index contributed by atoms with van der Waals surface area (Å²) in [5, 5.41) is 10.9. The molecule has 1 saturated heterocycles. The second-order valence-corrected chi connectivity index (χ2v) is 5.56. The van der Waals surface area contributed by atoms with E-state index in [1.807, 2.05) is 42.5 Å². The maximum absolute atomic E-state index is 10.9. The van der Waals surface area contributed by atoms with E-state index in [2.05, 4.69) is 9.88 Å². The van der Waals surface area contributed by atoms with Gasteiger partial charge in [0.05, 0.1) is 13.2 Å². The SMILES string of the molecule is O=[N+]([O-])Cc1cc(N2CCOCC2)cc(Cc2ccccc2)n1. The maximum atomic E-state index is 10.9. The zero-order valence-electron chi connectivity index (χ0n) is 12.9. The van der Waals surface area contributed by atoms with Crippen molar-refractivity contribution in [1.29, 1.82) is 0 Å². The van der Waals surface area contributed by atoms with Crippen LogP contribution >= 0.6 is 0 Å². The fraction of sp³-hybridized carbons (Fsp3) is 0.353. The van der Waals surface area contributed by atoms with E-state index < -0.39 is 0 Å². The van der Waals surface area contributed by atoms with Crippen molar-refractivity contribution >= 4 is 5.69 Å². The Kier molecular flexibility index (Phi) is 4.83. The van der Waals surface area contributed by atoms with Crippen LogP contribution in [0.4, 0.5) is 5.69 Å². The number of ether oxygens (including phenoxy) is 1. The van der Waals surface area contributed by atoms with E-state index >= 15 is 0 Å². The number of hydrogen-bond acceptors (Lipinski definition) is 5. The lowest BCUT2D eigenvalue weighted by Gasteiger charge is -2.29. The lowest BCUT2D eigenvalue weighted by Crippen LogP contribution is -2.36. The Bertz CT molecular complexity index is 670. The van der Waals surface area contributed by atoms with E-state index in [1.54, 1.807) is 0 Å². The molecule has 0 spiro atoms. The second kappa shape index (κ2) is 7.19. The Labute approximate surface area is 134 Å². The van der Waals surface area contributed by atoms with Gasteiger partial charge in [0.25, 0.3) is 0 Å². The summed E-state index contributed by atoms with van der Waals surface area (Å²) >= 11 is 0. The molecule has 1 fully saturated rings. The van der Waals surface area contributed by atoms with Gasteiger partial charge < -0.3 is 9.64 Å². The van der Waals surface area contributed by atoms with E-state index in [9.17, 15) is 10.1 Å². The third-order valence-corrected chi connectivity index (χ3v) is 3.81. The highest BCUT2D eigenvalue weighted by Gasteiger charge is 2.15. The normalized spacial score (nSPS) is 14.7. The third-order valence-electron chi connectivity index (χ3n) is 3.81. The highest BCUT2D eigenvalue weighted by atomic mass is 16.6. The summed E-state index contributed by atoms with van der Waals surface area (Å²) < 4.78 is 5.38. The van der Waals surface area contributed by atoms with Crippen molar-refractivity contribution in [2.75, 3.05) is 31.2 Å².